The summed E-state index contributed by atoms with van der Waals surface area (Å²) in [4.78, 5) is 24.9. The molecule has 100 valence electrons. The molecular weight excluding hydrogens is 272 g/mol. The second-order valence-electron chi connectivity index (χ2n) is 4.55. The highest BCUT2D eigenvalue weighted by molar-refractivity contribution is 5.91. The number of rotatable bonds is 0. The molecule has 0 aliphatic heterocycles. The van der Waals surface area contributed by atoms with E-state index in [4.69, 9.17) is 0 Å². The van der Waals surface area contributed by atoms with Crippen molar-refractivity contribution in [1.82, 2.24) is 39.2 Å². The van der Waals surface area contributed by atoms with E-state index in [1.54, 1.807) is 0 Å². The Morgan fingerprint density at radius 2 is 1.95 bits per heavy atom. The van der Waals surface area contributed by atoms with Gasteiger partial charge in [0, 0.05) is 0 Å². The van der Waals surface area contributed by atoms with Crippen LogP contribution in [0.4, 0.5) is 0 Å². The van der Waals surface area contributed by atoms with E-state index in [0.717, 1.165) is 0 Å². The molecule has 9 nitrogen and oxygen atoms in total. The molecule has 0 unspecified atom stereocenters. The Hall–Kier alpha value is -3.36. The first kappa shape index (κ1) is 10.4. The van der Waals surface area contributed by atoms with Gasteiger partial charge in [0.1, 0.15) is 6.33 Å². The number of aromatic nitrogens is 8. The highest BCUT2D eigenvalue weighted by Crippen LogP contribution is 2.18. The summed E-state index contributed by atoms with van der Waals surface area (Å²) in [6.07, 6.45) is 1.46. The lowest BCUT2D eigenvalue weighted by atomic mass is 10.3. The highest BCUT2D eigenvalue weighted by atomic mass is 16.1. The SMILES string of the molecule is O=c1nc2c(nnc3nc[nH]n32)c2nc3ccccc3n12. The number of hydrogen-bond acceptors (Lipinski definition) is 6. The van der Waals surface area contributed by atoms with E-state index in [2.05, 4.69) is 30.2 Å². The Morgan fingerprint density at radius 3 is 2.90 bits per heavy atom. The molecule has 0 aliphatic carbocycles. The lowest BCUT2D eigenvalue weighted by molar-refractivity contribution is 0.902. The van der Waals surface area contributed by atoms with Crippen molar-refractivity contribution in [3.8, 4) is 0 Å². The maximum atomic E-state index is 12.3. The molecule has 0 amide bonds. The quantitative estimate of drug-likeness (QED) is 0.432. The molecule has 0 aliphatic rings. The number of H-pyrrole nitrogens is 1. The van der Waals surface area contributed by atoms with E-state index >= 15 is 0 Å². The van der Waals surface area contributed by atoms with E-state index in [9.17, 15) is 4.79 Å². The highest BCUT2D eigenvalue weighted by Gasteiger charge is 2.15. The first-order valence-electron chi connectivity index (χ1n) is 6.19. The van der Waals surface area contributed by atoms with Crippen LogP contribution in [0.2, 0.25) is 0 Å². The number of para-hydroxylation sites is 2. The van der Waals surface area contributed by atoms with Crippen molar-refractivity contribution >= 4 is 33.6 Å². The number of nitrogens with one attached hydrogen (secondary N) is 1. The monoisotopic (exact) mass is 278 g/mol. The average molecular weight is 278 g/mol. The van der Waals surface area contributed by atoms with Crippen LogP contribution in [0.3, 0.4) is 0 Å². The third-order valence-electron chi connectivity index (χ3n) is 3.40. The number of fused-ring (bicyclic) bond motifs is 7. The first-order chi connectivity index (χ1) is 10.3. The van der Waals surface area contributed by atoms with Crippen molar-refractivity contribution in [2.45, 2.75) is 0 Å². The molecule has 0 fully saturated rings. The molecule has 0 saturated heterocycles. The normalized spacial score (nSPS) is 12.0. The molecule has 0 radical (unpaired) electrons. The summed E-state index contributed by atoms with van der Waals surface area (Å²) in [5, 5.41) is 11.0. The van der Waals surface area contributed by atoms with Gasteiger partial charge in [-0.1, -0.05) is 12.1 Å². The fourth-order valence-electron chi connectivity index (χ4n) is 2.50. The average Bonchev–Trinajstić information content (AvgIpc) is 3.11. The summed E-state index contributed by atoms with van der Waals surface area (Å²) in [5.41, 5.74) is 2.21. The largest absolute Gasteiger partial charge is 0.356 e. The summed E-state index contributed by atoms with van der Waals surface area (Å²) in [5.74, 6) is 0.342. The number of aromatic amines is 1. The molecule has 0 spiro atoms. The van der Waals surface area contributed by atoms with Crippen molar-refractivity contribution in [3.63, 3.8) is 0 Å². The van der Waals surface area contributed by atoms with Crippen LogP contribution in [0, 0.1) is 0 Å². The van der Waals surface area contributed by atoms with Crippen molar-refractivity contribution in [2.75, 3.05) is 0 Å². The summed E-state index contributed by atoms with van der Waals surface area (Å²) < 4.78 is 2.94. The number of benzene rings is 1. The van der Waals surface area contributed by atoms with Gasteiger partial charge in [0.25, 0.3) is 5.78 Å². The zero-order valence-electron chi connectivity index (χ0n) is 10.4. The van der Waals surface area contributed by atoms with Crippen LogP contribution >= 0.6 is 0 Å². The summed E-state index contributed by atoms with van der Waals surface area (Å²) >= 11 is 0. The molecule has 4 heterocycles. The zero-order valence-corrected chi connectivity index (χ0v) is 10.4. The van der Waals surface area contributed by atoms with Gasteiger partial charge in [0.05, 0.1) is 11.0 Å². The van der Waals surface area contributed by atoms with Crippen LogP contribution < -0.4 is 5.69 Å². The van der Waals surface area contributed by atoms with Gasteiger partial charge in [-0.2, -0.15) is 14.5 Å². The summed E-state index contributed by atoms with van der Waals surface area (Å²) in [6, 6.07) is 7.36. The predicted molar refractivity (Wildman–Crippen MR) is 73.0 cm³/mol. The Labute approximate surface area is 114 Å². The van der Waals surface area contributed by atoms with Gasteiger partial charge in [-0.15, -0.1) is 10.2 Å². The van der Waals surface area contributed by atoms with Crippen LogP contribution in [0.1, 0.15) is 0 Å². The lowest BCUT2D eigenvalue weighted by Crippen LogP contribution is -2.18. The minimum Gasteiger partial charge on any atom is -0.279 e. The van der Waals surface area contributed by atoms with Gasteiger partial charge in [0.15, 0.2) is 16.8 Å². The van der Waals surface area contributed by atoms with Gasteiger partial charge in [-0.25, -0.2) is 14.2 Å². The number of nitrogens with zero attached hydrogens (tertiary/aromatic N) is 7. The van der Waals surface area contributed by atoms with E-state index in [1.807, 2.05) is 24.3 Å². The smallest absolute Gasteiger partial charge is 0.279 e. The first-order valence-corrected chi connectivity index (χ1v) is 6.19. The Morgan fingerprint density at radius 1 is 1.05 bits per heavy atom. The molecule has 21 heavy (non-hydrogen) atoms. The van der Waals surface area contributed by atoms with E-state index in [0.29, 0.717) is 33.6 Å². The molecule has 1 N–H and O–H groups in total. The molecule has 0 saturated carbocycles. The van der Waals surface area contributed by atoms with Gasteiger partial charge in [0.2, 0.25) is 0 Å². The van der Waals surface area contributed by atoms with Crippen molar-refractivity contribution in [1.29, 1.82) is 0 Å². The summed E-state index contributed by atoms with van der Waals surface area (Å²) in [7, 11) is 0. The molecule has 9 heteroatoms. The minimum atomic E-state index is -0.414. The maximum absolute atomic E-state index is 12.3. The lowest BCUT2D eigenvalue weighted by Gasteiger charge is -1.99. The molecule has 5 aromatic rings. The van der Waals surface area contributed by atoms with Crippen LogP contribution in [0.5, 0.6) is 0 Å². The van der Waals surface area contributed by atoms with E-state index in [1.165, 1.54) is 15.2 Å². The van der Waals surface area contributed by atoms with Crippen LogP contribution in [0.15, 0.2) is 35.4 Å². The second kappa shape index (κ2) is 3.39. The molecular formula is C12H6N8O. The van der Waals surface area contributed by atoms with Crippen LogP contribution in [-0.2, 0) is 0 Å². The third kappa shape index (κ3) is 1.19. The fourth-order valence-corrected chi connectivity index (χ4v) is 2.50. The van der Waals surface area contributed by atoms with Crippen molar-refractivity contribution in [3.05, 3.63) is 41.1 Å². The minimum absolute atomic E-state index is 0.342. The van der Waals surface area contributed by atoms with Gasteiger partial charge >= 0.3 is 5.69 Å². The van der Waals surface area contributed by atoms with E-state index in [-0.39, 0.29) is 0 Å². The molecule has 5 rings (SSSR count). The second-order valence-corrected chi connectivity index (χ2v) is 4.55. The topological polar surface area (TPSA) is 106 Å². The van der Waals surface area contributed by atoms with Gasteiger partial charge in [-0.05, 0) is 12.1 Å². The molecule has 0 bridgehead atoms. The standard InChI is InChI=1S/C12H6N8O/c21-12-16-10-8(17-18-11-13-5-14-20(10)11)9-15-6-3-1-2-4-7(6)19(9)12/h1-5H,(H,13,14,18). The Balaban J connectivity index is 2.16. The predicted octanol–water partition coefficient (Wildman–Crippen LogP) is 0.162. The maximum Gasteiger partial charge on any atom is 0.356 e. The zero-order chi connectivity index (χ0) is 14.0. The number of hydrogen-bond donors (Lipinski definition) is 1. The Bertz CT molecular complexity index is 1210. The van der Waals surface area contributed by atoms with Crippen molar-refractivity contribution in [2.24, 2.45) is 0 Å². The van der Waals surface area contributed by atoms with Gasteiger partial charge < -0.3 is 0 Å². The van der Waals surface area contributed by atoms with E-state index < -0.39 is 5.69 Å². The Kier molecular flexibility index (Phi) is 1.68. The van der Waals surface area contributed by atoms with Crippen molar-refractivity contribution < 1.29 is 0 Å². The molecule has 1 aromatic carbocycles. The fraction of sp³-hybridized carbons (Fsp3) is 0. The molecule has 4 aromatic heterocycles. The number of imidazole rings is 1. The summed E-state index contributed by atoms with van der Waals surface area (Å²) in [6.45, 7) is 0. The van der Waals surface area contributed by atoms with Crippen LogP contribution in [-0.4, -0.2) is 39.2 Å². The van der Waals surface area contributed by atoms with Crippen LogP contribution in [0.25, 0.3) is 33.6 Å². The van der Waals surface area contributed by atoms with Gasteiger partial charge in [-0.3, -0.25) is 5.10 Å². The molecule has 0 atom stereocenters. The third-order valence-corrected chi connectivity index (χ3v) is 3.40.